The third-order valence-electron chi connectivity index (χ3n) is 4.88. The Balaban J connectivity index is 1.44. The monoisotopic (exact) mass is 487 g/mol. The molecule has 8 nitrogen and oxygen atoms in total. The summed E-state index contributed by atoms with van der Waals surface area (Å²) < 4.78 is 5.84. The Kier molecular flexibility index (Phi) is 7.41. The van der Waals surface area contributed by atoms with Crippen LogP contribution in [0.1, 0.15) is 29.3 Å². The summed E-state index contributed by atoms with van der Waals surface area (Å²) in [5, 5.41) is 0. The largest absolute Gasteiger partial charge is 0.455 e. The van der Waals surface area contributed by atoms with Gasteiger partial charge in [-0.2, -0.15) is 0 Å². The van der Waals surface area contributed by atoms with Gasteiger partial charge in [-0.25, -0.2) is 0 Å². The number of hydrogen-bond donors (Lipinski definition) is 2. The number of amides is 3. The molecule has 0 bridgehead atoms. The molecule has 2 N–H and O–H groups in total. The molecular formula is C22H22BrN3O5. The summed E-state index contributed by atoms with van der Waals surface area (Å²) >= 11 is 3.27. The maximum atomic E-state index is 12.3. The molecule has 3 amide bonds. The molecule has 2 aromatic carbocycles. The number of anilines is 1. The Morgan fingerprint density at radius 1 is 1.06 bits per heavy atom. The molecule has 1 heterocycles. The van der Waals surface area contributed by atoms with Crippen LogP contribution in [-0.4, -0.2) is 36.8 Å². The van der Waals surface area contributed by atoms with E-state index in [9.17, 15) is 19.2 Å². The van der Waals surface area contributed by atoms with E-state index in [0.717, 1.165) is 22.1 Å². The quantitative estimate of drug-likeness (QED) is 0.480. The number of nitrogens with zero attached hydrogens (tertiary/aromatic N) is 1. The Morgan fingerprint density at radius 3 is 2.39 bits per heavy atom. The van der Waals surface area contributed by atoms with Crippen LogP contribution < -0.4 is 15.8 Å². The van der Waals surface area contributed by atoms with Gasteiger partial charge in [0, 0.05) is 28.7 Å². The molecule has 1 aliphatic heterocycles. The summed E-state index contributed by atoms with van der Waals surface area (Å²) in [6.07, 6.45) is 0.922. The van der Waals surface area contributed by atoms with Gasteiger partial charge in [-0.15, -0.1) is 0 Å². The molecule has 31 heavy (non-hydrogen) atoms. The summed E-state index contributed by atoms with van der Waals surface area (Å²) in [6, 6.07) is 14.2. The highest BCUT2D eigenvalue weighted by molar-refractivity contribution is 9.10. The van der Waals surface area contributed by atoms with Crippen molar-refractivity contribution in [2.24, 2.45) is 5.92 Å². The summed E-state index contributed by atoms with van der Waals surface area (Å²) in [7, 11) is 0. The average molecular weight is 488 g/mol. The van der Waals surface area contributed by atoms with Gasteiger partial charge >= 0.3 is 5.97 Å². The first kappa shape index (κ1) is 22.5. The van der Waals surface area contributed by atoms with Crippen molar-refractivity contribution < 1.29 is 23.9 Å². The SMILES string of the molecule is CCc1ccc(N2C[C@@H](C(=O)OCC(=O)NNC(=O)c3ccc(Br)cc3)CC2=O)cc1. The van der Waals surface area contributed by atoms with Gasteiger partial charge in [0.1, 0.15) is 0 Å². The van der Waals surface area contributed by atoms with Crippen molar-refractivity contribution in [2.45, 2.75) is 19.8 Å². The summed E-state index contributed by atoms with van der Waals surface area (Å²) in [5.74, 6) is -2.63. The van der Waals surface area contributed by atoms with E-state index in [1.165, 1.54) is 0 Å². The lowest BCUT2D eigenvalue weighted by Crippen LogP contribution is -2.43. The molecule has 0 aromatic heterocycles. The Labute approximate surface area is 188 Å². The van der Waals surface area contributed by atoms with Gasteiger partial charge < -0.3 is 9.64 Å². The standard InChI is InChI=1S/C22H22BrN3O5/c1-2-14-3-9-18(10-4-14)26-12-16(11-20(26)28)22(30)31-13-19(27)24-25-21(29)15-5-7-17(23)8-6-15/h3-10,16H,2,11-13H2,1H3,(H,24,27)(H,25,29)/t16-/m0/s1. The lowest BCUT2D eigenvalue weighted by Gasteiger charge is -2.17. The van der Waals surface area contributed by atoms with Crippen molar-refractivity contribution >= 4 is 45.3 Å². The van der Waals surface area contributed by atoms with Gasteiger partial charge in [0.2, 0.25) is 5.91 Å². The van der Waals surface area contributed by atoms with E-state index >= 15 is 0 Å². The first-order valence-electron chi connectivity index (χ1n) is 9.78. The van der Waals surface area contributed by atoms with Crippen LogP contribution in [0.3, 0.4) is 0 Å². The third-order valence-corrected chi connectivity index (χ3v) is 5.41. The van der Waals surface area contributed by atoms with E-state index in [1.54, 1.807) is 29.2 Å². The van der Waals surface area contributed by atoms with Crippen molar-refractivity contribution in [2.75, 3.05) is 18.1 Å². The van der Waals surface area contributed by atoms with E-state index in [4.69, 9.17) is 4.74 Å². The highest BCUT2D eigenvalue weighted by atomic mass is 79.9. The Bertz CT molecular complexity index is 976. The van der Waals surface area contributed by atoms with Crippen LogP contribution in [-0.2, 0) is 25.5 Å². The first-order valence-corrected chi connectivity index (χ1v) is 10.6. The minimum atomic E-state index is -0.685. The van der Waals surface area contributed by atoms with E-state index in [2.05, 4.69) is 26.8 Å². The zero-order chi connectivity index (χ0) is 22.4. The van der Waals surface area contributed by atoms with Crippen LogP contribution in [0.2, 0.25) is 0 Å². The molecule has 0 unspecified atom stereocenters. The smallest absolute Gasteiger partial charge is 0.311 e. The molecule has 9 heteroatoms. The maximum Gasteiger partial charge on any atom is 0.311 e. The van der Waals surface area contributed by atoms with Crippen LogP contribution in [0.25, 0.3) is 0 Å². The topological polar surface area (TPSA) is 105 Å². The van der Waals surface area contributed by atoms with Gasteiger partial charge in [-0.1, -0.05) is 35.0 Å². The second kappa shape index (κ2) is 10.2. The minimum Gasteiger partial charge on any atom is -0.455 e. The third kappa shape index (κ3) is 5.91. The van der Waals surface area contributed by atoms with Gasteiger partial charge in [-0.05, 0) is 48.4 Å². The van der Waals surface area contributed by atoms with Crippen LogP contribution >= 0.6 is 15.9 Å². The van der Waals surface area contributed by atoms with Crippen LogP contribution in [0.5, 0.6) is 0 Å². The molecule has 162 valence electrons. The van der Waals surface area contributed by atoms with Crippen molar-refractivity contribution in [1.29, 1.82) is 0 Å². The molecule has 0 saturated carbocycles. The molecule has 1 saturated heterocycles. The normalized spacial score (nSPS) is 15.5. The zero-order valence-corrected chi connectivity index (χ0v) is 18.5. The Hall–Kier alpha value is -3.20. The number of hydrogen-bond acceptors (Lipinski definition) is 5. The second-order valence-corrected chi connectivity index (χ2v) is 7.96. The number of esters is 1. The molecule has 0 aliphatic carbocycles. The number of carbonyl (C=O) groups excluding carboxylic acids is 4. The predicted molar refractivity (Wildman–Crippen MR) is 117 cm³/mol. The number of nitrogens with one attached hydrogen (secondary N) is 2. The summed E-state index contributed by atoms with van der Waals surface area (Å²) in [6.45, 7) is 1.69. The molecule has 2 aromatic rings. The summed E-state index contributed by atoms with van der Waals surface area (Å²) in [5.41, 5.74) is 6.68. The Morgan fingerprint density at radius 2 is 1.74 bits per heavy atom. The highest BCUT2D eigenvalue weighted by Gasteiger charge is 2.36. The second-order valence-electron chi connectivity index (χ2n) is 7.04. The van der Waals surface area contributed by atoms with E-state index in [-0.39, 0.29) is 18.9 Å². The molecule has 0 radical (unpaired) electrons. The zero-order valence-electron chi connectivity index (χ0n) is 16.9. The van der Waals surface area contributed by atoms with Gasteiger partial charge in [0.05, 0.1) is 5.92 Å². The maximum absolute atomic E-state index is 12.3. The number of hydrazine groups is 1. The molecular weight excluding hydrogens is 466 g/mol. The molecule has 1 aliphatic rings. The van der Waals surface area contributed by atoms with Gasteiger partial charge in [-0.3, -0.25) is 30.0 Å². The van der Waals surface area contributed by atoms with Gasteiger partial charge in [0.25, 0.3) is 11.8 Å². The fourth-order valence-electron chi connectivity index (χ4n) is 3.12. The van der Waals surface area contributed by atoms with Crippen molar-refractivity contribution in [3.63, 3.8) is 0 Å². The summed E-state index contributed by atoms with van der Waals surface area (Å²) in [4.78, 5) is 50.0. The molecule has 0 spiro atoms. The van der Waals surface area contributed by atoms with E-state index < -0.39 is 30.3 Å². The van der Waals surface area contributed by atoms with Crippen LogP contribution in [0.15, 0.2) is 53.0 Å². The highest BCUT2D eigenvalue weighted by Crippen LogP contribution is 2.26. The fraction of sp³-hybridized carbons (Fsp3) is 0.273. The van der Waals surface area contributed by atoms with Crippen molar-refractivity contribution in [3.8, 4) is 0 Å². The van der Waals surface area contributed by atoms with Gasteiger partial charge in [0.15, 0.2) is 6.61 Å². The fourth-order valence-corrected chi connectivity index (χ4v) is 3.38. The molecule has 3 rings (SSSR count). The van der Waals surface area contributed by atoms with Crippen LogP contribution in [0.4, 0.5) is 5.69 Å². The predicted octanol–water partition coefficient (Wildman–Crippen LogP) is 2.37. The van der Waals surface area contributed by atoms with E-state index in [0.29, 0.717) is 5.56 Å². The number of aryl methyl sites for hydroxylation is 1. The van der Waals surface area contributed by atoms with E-state index in [1.807, 2.05) is 31.2 Å². The number of halogens is 1. The van der Waals surface area contributed by atoms with Crippen molar-refractivity contribution in [3.05, 3.63) is 64.1 Å². The lowest BCUT2D eigenvalue weighted by molar-refractivity contribution is -0.152. The number of carbonyl (C=O) groups is 4. The molecule has 1 atom stereocenters. The minimum absolute atomic E-state index is 0.0241. The van der Waals surface area contributed by atoms with Crippen LogP contribution in [0, 0.1) is 5.92 Å². The first-order chi connectivity index (χ1) is 14.9. The van der Waals surface area contributed by atoms with Crippen molar-refractivity contribution in [1.82, 2.24) is 10.9 Å². The average Bonchev–Trinajstić information content (AvgIpc) is 3.18. The number of ether oxygens (including phenoxy) is 1. The number of benzene rings is 2. The lowest BCUT2D eigenvalue weighted by atomic mass is 10.1. The molecule has 1 fully saturated rings. The number of rotatable bonds is 6.